The Kier molecular flexibility index (Phi) is 4.62. The van der Waals surface area contributed by atoms with Gasteiger partial charge in [-0.1, -0.05) is 80.3 Å². The molecule has 1 aliphatic rings. The van der Waals surface area contributed by atoms with Crippen molar-refractivity contribution in [3.63, 3.8) is 0 Å². The van der Waals surface area contributed by atoms with Gasteiger partial charge in [-0.15, -0.1) is 0 Å². The van der Waals surface area contributed by atoms with Gasteiger partial charge in [0.1, 0.15) is 0 Å². The summed E-state index contributed by atoms with van der Waals surface area (Å²) < 4.78 is 0. The van der Waals surface area contributed by atoms with Crippen LogP contribution in [0.1, 0.15) is 35.6 Å². The summed E-state index contributed by atoms with van der Waals surface area (Å²) >= 11 is 0. The Bertz CT molecular complexity index is 760. The van der Waals surface area contributed by atoms with Gasteiger partial charge in [0, 0.05) is 0 Å². The average Bonchev–Trinajstić information content (AvgIpc) is 2.58. The Morgan fingerprint density at radius 2 is 1.83 bits per heavy atom. The molecule has 0 saturated carbocycles. The van der Waals surface area contributed by atoms with Gasteiger partial charge in [0.2, 0.25) is 0 Å². The fraction of sp³-hybridized carbons (Fsp3) is 0.217. The number of allylic oxidation sites excluding steroid dienone is 4. The lowest BCUT2D eigenvalue weighted by Gasteiger charge is -2.21. The smallest absolute Gasteiger partial charge is 0.00229 e. The molecule has 0 aromatic heterocycles. The Morgan fingerprint density at radius 3 is 2.57 bits per heavy atom. The SMILES string of the molecule is C=C(CC)Cc1ccc2c(c1)CC=C(Cc1ccccc1)C2=C. The zero-order chi connectivity index (χ0) is 16.2. The quantitative estimate of drug-likeness (QED) is 0.600. The van der Waals surface area contributed by atoms with E-state index in [2.05, 4.69) is 74.7 Å². The van der Waals surface area contributed by atoms with Gasteiger partial charge in [-0.25, -0.2) is 0 Å². The van der Waals surface area contributed by atoms with E-state index in [0.29, 0.717) is 0 Å². The average molecular weight is 300 g/mol. The van der Waals surface area contributed by atoms with Crippen molar-refractivity contribution in [1.82, 2.24) is 0 Å². The predicted molar refractivity (Wildman–Crippen MR) is 101 cm³/mol. The van der Waals surface area contributed by atoms with Crippen molar-refractivity contribution in [3.05, 3.63) is 101 Å². The van der Waals surface area contributed by atoms with E-state index in [0.717, 1.165) is 25.7 Å². The van der Waals surface area contributed by atoms with E-state index in [-0.39, 0.29) is 0 Å². The second-order valence-corrected chi connectivity index (χ2v) is 6.35. The summed E-state index contributed by atoms with van der Waals surface area (Å²) in [6.45, 7) is 10.6. The van der Waals surface area contributed by atoms with E-state index in [1.807, 2.05) is 0 Å². The molecule has 3 rings (SSSR count). The molecule has 0 aliphatic heterocycles. The lowest BCUT2D eigenvalue weighted by molar-refractivity contribution is 1.01. The first-order chi connectivity index (χ1) is 11.2. The normalized spacial score (nSPS) is 13.4. The fourth-order valence-corrected chi connectivity index (χ4v) is 3.16. The van der Waals surface area contributed by atoms with Crippen LogP contribution in [0.2, 0.25) is 0 Å². The van der Waals surface area contributed by atoms with E-state index in [4.69, 9.17) is 0 Å². The molecule has 0 heterocycles. The molecule has 2 aromatic rings. The molecule has 2 aromatic carbocycles. The highest BCUT2D eigenvalue weighted by molar-refractivity contribution is 5.81. The molecular formula is C23H24. The van der Waals surface area contributed by atoms with Gasteiger partial charge < -0.3 is 0 Å². The summed E-state index contributed by atoms with van der Waals surface area (Å²) in [6, 6.07) is 17.4. The summed E-state index contributed by atoms with van der Waals surface area (Å²) in [4.78, 5) is 0. The molecule has 0 spiro atoms. The number of hydrogen-bond donors (Lipinski definition) is 0. The van der Waals surface area contributed by atoms with E-state index in [1.165, 1.54) is 39.0 Å². The number of fused-ring (bicyclic) bond motifs is 1. The van der Waals surface area contributed by atoms with E-state index in [1.54, 1.807) is 0 Å². The first-order valence-electron chi connectivity index (χ1n) is 8.38. The Hall–Kier alpha value is -2.34. The van der Waals surface area contributed by atoms with Crippen LogP contribution in [0, 0.1) is 0 Å². The van der Waals surface area contributed by atoms with Crippen LogP contribution in [-0.2, 0) is 19.3 Å². The van der Waals surface area contributed by atoms with Crippen LogP contribution in [-0.4, -0.2) is 0 Å². The molecule has 116 valence electrons. The molecule has 0 nitrogen and oxygen atoms in total. The van der Waals surface area contributed by atoms with Gasteiger partial charge in [-0.05, 0) is 59.1 Å². The lowest BCUT2D eigenvalue weighted by Crippen LogP contribution is -2.05. The van der Waals surface area contributed by atoms with E-state index < -0.39 is 0 Å². The summed E-state index contributed by atoms with van der Waals surface area (Å²) in [5.74, 6) is 0. The van der Waals surface area contributed by atoms with Gasteiger partial charge in [0.15, 0.2) is 0 Å². The van der Waals surface area contributed by atoms with Crippen molar-refractivity contribution < 1.29 is 0 Å². The van der Waals surface area contributed by atoms with Crippen LogP contribution in [0.25, 0.3) is 5.57 Å². The highest BCUT2D eigenvalue weighted by Gasteiger charge is 2.16. The number of hydrogen-bond acceptors (Lipinski definition) is 0. The van der Waals surface area contributed by atoms with E-state index >= 15 is 0 Å². The zero-order valence-corrected chi connectivity index (χ0v) is 13.9. The molecular weight excluding hydrogens is 276 g/mol. The van der Waals surface area contributed by atoms with E-state index in [9.17, 15) is 0 Å². The molecule has 0 bridgehead atoms. The van der Waals surface area contributed by atoms with Crippen molar-refractivity contribution in [3.8, 4) is 0 Å². The van der Waals surface area contributed by atoms with Crippen LogP contribution >= 0.6 is 0 Å². The summed E-state index contributed by atoms with van der Waals surface area (Å²) in [7, 11) is 0. The van der Waals surface area contributed by atoms with Crippen molar-refractivity contribution in [2.75, 3.05) is 0 Å². The predicted octanol–water partition coefficient (Wildman–Crippen LogP) is 5.93. The minimum atomic E-state index is 0.966. The van der Waals surface area contributed by atoms with Crippen molar-refractivity contribution in [2.45, 2.75) is 32.6 Å². The van der Waals surface area contributed by atoms with Crippen molar-refractivity contribution >= 4 is 5.57 Å². The topological polar surface area (TPSA) is 0 Å². The zero-order valence-electron chi connectivity index (χ0n) is 13.9. The summed E-state index contributed by atoms with van der Waals surface area (Å²) in [6.07, 6.45) is 6.34. The monoisotopic (exact) mass is 300 g/mol. The molecule has 23 heavy (non-hydrogen) atoms. The number of benzene rings is 2. The van der Waals surface area contributed by atoms with Crippen molar-refractivity contribution in [1.29, 1.82) is 0 Å². The summed E-state index contributed by atoms with van der Waals surface area (Å²) in [5, 5.41) is 0. The van der Waals surface area contributed by atoms with Crippen LogP contribution in [0.3, 0.4) is 0 Å². The maximum atomic E-state index is 4.35. The van der Waals surface area contributed by atoms with Crippen molar-refractivity contribution in [2.24, 2.45) is 0 Å². The first-order valence-corrected chi connectivity index (χ1v) is 8.38. The minimum absolute atomic E-state index is 0.966. The van der Waals surface area contributed by atoms with Crippen LogP contribution in [0.5, 0.6) is 0 Å². The minimum Gasteiger partial charge on any atom is -0.0995 e. The van der Waals surface area contributed by atoms with Crippen LogP contribution in [0.4, 0.5) is 0 Å². The molecule has 0 amide bonds. The maximum Gasteiger partial charge on any atom is -0.00229 e. The first kappa shape index (κ1) is 15.6. The van der Waals surface area contributed by atoms with Gasteiger partial charge >= 0.3 is 0 Å². The third kappa shape index (κ3) is 3.53. The molecule has 0 saturated heterocycles. The lowest BCUT2D eigenvalue weighted by atomic mass is 9.84. The molecule has 0 radical (unpaired) electrons. The Morgan fingerprint density at radius 1 is 1.04 bits per heavy atom. The largest absolute Gasteiger partial charge is 0.0995 e. The molecule has 0 unspecified atom stereocenters. The number of rotatable bonds is 5. The van der Waals surface area contributed by atoms with Crippen LogP contribution < -0.4 is 0 Å². The Labute approximate surface area is 139 Å². The summed E-state index contributed by atoms with van der Waals surface area (Å²) in [5.41, 5.74) is 9.24. The fourth-order valence-electron chi connectivity index (χ4n) is 3.16. The van der Waals surface area contributed by atoms with Crippen LogP contribution in [0.15, 0.2) is 78.9 Å². The second-order valence-electron chi connectivity index (χ2n) is 6.35. The highest BCUT2D eigenvalue weighted by Crippen LogP contribution is 2.33. The van der Waals surface area contributed by atoms with Gasteiger partial charge in [0.05, 0.1) is 0 Å². The van der Waals surface area contributed by atoms with Gasteiger partial charge in [-0.2, -0.15) is 0 Å². The molecule has 0 heteroatoms. The third-order valence-corrected chi connectivity index (χ3v) is 4.64. The molecule has 1 aliphatic carbocycles. The second kappa shape index (κ2) is 6.83. The van der Waals surface area contributed by atoms with Gasteiger partial charge in [0.25, 0.3) is 0 Å². The Balaban J connectivity index is 1.80. The molecule has 0 atom stereocenters. The maximum absolute atomic E-state index is 4.35. The third-order valence-electron chi connectivity index (χ3n) is 4.64. The van der Waals surface area contributed by atoms with Gasteiger partial charge in [-0.3, -0.25) is 0 Å². The standard InChI is InChI=1S/C23H24/c1-4-17(2)14-20-10-13-23-18(3)21(11-12-22(23)16-20)15-19-8-6-5-7-9-19/h5-11,13,16H,2-4,12,14-15H2,1H3. The highest BCUT2D eigenvalue weighted by atomic mass is 14.2. The molecule has 0 fully saturated rings. The molecule has 0 N–H and O–H groups in total.